The van der Waals surface area contributed by atoms with Crippen LogP contribution in [0.25, 0.3) is 22.8 Å². The van der Waals surface area contributed by atoms with Gasteiger partial charge in [0.2, 0.25) is 5.89 Å². The number of rotatable bonds is 4. The van der Waals surface area contributed by atoms with E-state index in [1.807, 2.05) is 0 Å². The van der Waals surface area contributed by atoms with Gasteiger partial charge in [0.05, 0.1) is 18.9 Å². The first-order chi connectivity index (χ1) is 10.2. The highest BCUT2D eigenvalue weighted by atomic mass is 16.5. The molecule has 2 heterocycles. The third kappa shape index (κ3) is 2.36. The summed E-state index contributed by atoms with van der Waals surface area (Å²) in [5.74, 6) is 0.651. The Morgan fingerprint density at radius 3 is 2.62 bits per heavy atom. The number of carbonyl (C=O) groups is 1. The number of nitrogens with zero attached hydrogens (tertiary/aromatic N) is 2. The molecule has 0 aliphatic heterocycles. The van der Waals surface area contributed by atoms with Gasteiger partial charge >= 0.3 is 0 Å². The van der Waals surface area contributed by atoms with Crippen LogP contribution in [0.4, 0.5) is 0 Å². The molecule has 2 aromatic heterocycles. The number of amides is 1. The summed E-state index contributed by atoms with van der Waals surface area (Å²) in [6.07, 6.45) is 3.17. The van der Waals surface area contributed by atoms with Gasteiger partial charge in [0.1, 0.15) is 5.75 Å². The Kier molecular flexibility index (Phi) is 3.15. The normalized spacial score (nSPS) is 10.5. The van der Waals surface area contributed by atoms with Gasteiger partial charge in [-0.25, -0.2) is 4.98 Å². The van der Waals surface area contributed by atoms with Crippen LogP contribution in [-0.2, 0) is 0 Å². The minimum Gasteiger partial charge on any atom is -0.497 e. The molecule has 0 spiro atoms. The zero-order chi connectivity index (χ0) is 14.8. The van der Waals surface area contributed by atoms with Gasteiger partial charge in [0.15, 0.2) is 11.5 Å². The summed E-state index contributed by atoms with van der Waals surface area (Å²) in [5.41, 5.74) is 6.77. The molecular formula is C14H12N4O3. The highest BCUT2D eigenvalue weighted by Crippen LogP contribution is 2.30. The zero-order valence-electron chi connectivity index (χ0n) is 11.2. The molecule has 3 aromatic rings. The molecule has 1 amide bonds. The molecule has 0 atom stereocenters. The number of ether oxygens (including phenoxy) is 1. The number of benzene rings is 1. The number of aromatic nitrogens is 3. The van der Waals surface area contributed by atoms with E-state index in [1.165, 1.54) is 0 Å². The molecule has 0 aliphatic rings. The van der Waals surface area contributed by atoms with Crippen LogP contribution in [0.15, 0.2) is 41.1 Å². The fourth-order valence-corrected chi connectivity index (χ4v) is 1.92. The van der Waals surface area contributed by atoms with Crippen LogP contribution in [0.1, 0.15) is 10.5 Å². The van der Waals surface area contributed by atoms with Gasteiger partial charge in [0.25, 0.3) is 5.91 Å². The van der Waals surface area contributed by atoms with Crippen molar-refractivity contribution in [2.24, 2.45) is 5.73 Å². The van der Waals surface area contributed by atoms with Gasteiger partial charge in [0, 0.05) is 11.8 Å². The smallest absolute Gasteiger partial charge is 0.271 e. The average molecular weight is 284 g/mol. The molecule has 0 saturated carbocycles. The number of hydrogen-bond acceptors (Lipinski definition) is 5. The van der Waals surface area contributed by atoms with E-state index < -0.39 is 5.91 Å². The maximum atomic E-state index is 11.6. The second-order valence-corrected chi connectivity index (χ2v) is 4.28. The van der Waals surface area contributed by atoms with Gasteiger partial charge in [-0.1, -0.05) is 0 Å². The fraction of sp³-hybridized carbons (Fsp3) is 0.0714. The van der Waals surface area contributed by atoms with E-state index in [0.717, 1.165) is 0 Å². The van der Waals surface area contributed by atoms with Crippen LogP contribution in [0.3, 0.4) is 0 Å². The van der Waals surface area contributed by atoms with Crippen molar-refractivity contribution in [3.05, 3.63) is 42.4 Å². The third-order valence-corrected chi connectivity index (χ3v) is 2.96. The Bertz CT molecular complexity index is 760. The highest BCUT2D eigenvalue weighted by molar-refractivity contribution is 5.97. The summed E-state index contributed by atoms with van der Waals surface area (Å²) in [7, 11) is 1.58. The summed E-state index contributed by atoms with van der Waals surface area (Å²) in [4.78, 5) is 15.7. The molecule has 0 bridgehead atoms. The summed E-state index contributed by atoms with van der Waals surface area (Å²) < 4.78 is 10.8. The quantitative estimate of drug-likeness (QED) is 0.760. The summed E-state index contributed by atoms with van der Waals surface area (Å²) in [5, 5.41) is 6.48. The number of methoxy groups -OCH3 is 1. The van der Waals surface area contributed by atoms with Crippen molar-refractivity contribution in [1.29, 1.82) is 0 Å². The molecule has 21 heavy (non-hydrogen) atoms. The van der Waals surface area contributed by atoms with E-state index in [4.69, 9.17) is 14.9 Å². The topological polar surface area (TPSA) is 107 Å². The fourth-order valence-electron chi connectivity index (χ4n) is 1.92. The molecule has 0 unspecified atom stereocenters. The van der Waals surface area contributed by atoms with Crippen LogP contribution in [0.2, 0.25) is 0 Å². The number of aromatic amines is 1. The van der Waals surface area contributed by atoms with Gasteiger partial charge in [-0.05, 0) is 24.3 Å². The van der Waals surface area contributed by atoms with Gasteiger partial charge < -0.3 is 14.9 Å². The van der Waals surface area contributed by atoms with Crippen LogP contribution < -0.4 is 10.5 Å². The molecule has 0 saturated heterocycles. The number of oxazole rings is 1. The van der Waals surface area contributed by atoms with Crippen LogP contribution in [0, 0.1) is 0 Å². The number of hydrogen-bond donors (Lipinski definition) is 2. The first-order valence-electron chi connectivity index (χ1n) is 6.13. The standard InChI is InChI=1S/C14H12N4O3/c1-20-10-4-2-8(3-5-10)12-11(13(15)19)18-14(21-12)9-6-16-17-7-9/h2-7H,1H3,(H2,15,19)(H,16,17). The second-order valence-electron chi connectivity index (χ2n) is 4.28. The van der Waals surface area contributed by atoms with E-state index in [9.17, 15) is 4.79 Å². The van der Waals surface area contributed by atoms with E-state index in [0.29, 0.717) is 22.6 Å². The summed E-state index contributed by atoms with van der Waals surface area (Å²) in [6, 6.07) is 7.07. The molecule has 7 nitrogen and oxygen atoms in total. The molecule has 106 valence electrons. The Balaban J connectivity index is 2.09. The molecule has 0 fully saturated rings. The number of carbonyl (C=O) groups excluding carboxylic acids is 1. The predicted octanol–water partition coefficient (Wildman–Crippen LogP) is 1.84. The number of nitrogens with two attached hydrogens (primary N) is 1. The molecular weight excluding hydrogens is 272 g/mol. The summed E-state index contributed by atoms with van der Waals surface area (Å²) in [6.45, 7) is 0. The SMILES string of the molecule is COc1ccc(-c2oc(-c3cn[nH]c3)nc2C(N)=O)cc1. The van der Waals surface area contributed by atoms with E-state index >= 15 is 0 Å². The second kappa shape index (κ2) is 5.12. The monoisotopic (exact) mass is 284 g/mol. The zero-order valence-corrected chi connectivity index (χ0v) is 11.2. The minimum absolute atomic E-state index is 0.0800. The lowest BCUT2D eigenvalue weighted by Crippen LogP contribution is -2.12. The molecule has 3 N–H and O–H groups in total. The lowest BCUT2D eigenvalue weighted by molar-refractivity contribution is 0.0996. The molecule has 7 heteroatoms. The first kappa shape index (κ1) is 12.9. The average Bonchev–Trinajstić information content (AvgIpc) is 3.16. The van der Waals surface area contributed by atoms with Crippen molar-refractivity contribution >= 4 is 5.91 Å². The Labute approximate surface area is 119 Å². The van der Waals surface area contributed by atoms with Crippen molar-refractivity contribution < 1.29 is 13.9 Å². The third-order valence-electron chi connectivity index (χ3n) is 2.96. The molecule has 0 radical (unpaired) electrons. The van der Waals surface area contributed by atoms with E-state index in [2.05, 4.69) is 15.2 Å². The van der Waals surface area contributed by atoms with E-state index in [-0.39, 0.29) is 11.6 Å². The van der Waals surface area contributed by atoms with Crippen LogP contribution in [-0.4, -0.2) is 28.2 Å². The van der Waals surface area contributed by atoms with Crippen molar-refractivity contribution in [3.8, 4) is 28.5 Å². The first-order valence-corrected chi connectivity index (χ1v) is 6.13. The Morgan fingerprint density at radius 2 is 2.05 bits per heavy atom. The molecule has 1 aromatic carbocycles. The number of nitrogens with one attached hydrogen (secondary N) is 1. The lowest BCUT2D eigenvalue weighted by atomic mass is 10.1. The van der Waals surface area contributed by atoms with Crippen molar-refractivity contribution in [1.82, 2.24) is 15.2 Å². The number of H-pyrrole nitrogens is 1. The Morgan fingerprint density at radius 1 is 1.29 bits per heavy atom. The maximum absolute atomic E-state index is 11.6. The van der Waals surface area contributed by atoms with Crippen molar-refractivity contribution in [2.75, 3.05) is 7.11 Å². The minimum atomic E-state index is -0.653. The maximum Gasteiger partial charge on any atom is 0.271 e. The Hall–Kier alpha value is -3.09. The van der Waals surface area contributed by atoms with Crippen molar-refractivity contribution in [3.63, 3.8) is 0 Å². The predicted molar refractivity (Wildman–Crippen MR) is 74.6 cm³/mol. The largest absolute Gasteiger partial charge is 0.497 e. The lowest BCUT2D eigenvalue weighted by Gasteiger charge is -2.01. The van der Waals surface area contributed by atoms with E-state index in [1.54, 1.807) is 43.8 Å². The van der Waals surface area contributed by atoms with Gasteiger partial charge in [-0.3, -0.25) is 9.89 Å². The van der Waals surface area contributed by atoms with Crippen LogP contribution in [0.5, 0.6) is 5.75 Å². The van der Waals surface area contributed by atoms with Crippen molar-refractivity contribution in [2.45, 2.75) is 0 Å². The highest BCUT2D eigenvalue weighted by Gasteiger charge is 2.20. The van der Waals surface area contributed by atoms with Gasteiger partial charge in [-0.2, -0.15) is 5.10 Å². The molecule has 0 aliphatic carbocycles. The summed E-state index contributed by atoms with van der Waals surface area (Å²) >= 11 is 0. The van der Waals surface area contributed by atoms with Crippen LogP contribution >= 0.6 is 0 Å². The van der Waals surface area contributed by atoms with Gasteiger partial charge in [-0.15, -0.1) is 0 Å². The molecule has 3 rings (SSSR count). The number of primary amides is 1.